The molecule has 3 heterocycles. The van der Waals surface area contributed by atoms with Crippen LogP contribution in [-0.2, 0) is 15.7 Å². The molecule has 0 saturated carbocycles. The molecule has 2 aliphatic rings. The summed E-state index contributed by atoms with van der Waals surface area (Å²) in [6.07, 6.45) is 0.516. The molecule has 0 radical (unpaired) electrons. The highest BCUT2D eigenvalue weighted by Gasteiger charge is 2.36. The smallest absolute Gasteiger partial charge is 0.418 e. The van der Waals surface area contributed by atoms with Crippen molar-refractivity contribution in [1.29, 1.82) is 0 Å². The lowest BCUT2D eigenvalue weighted by atomic mass is 9.99. The summed E-state index contributed by atoms with van der Waals surface area (Å²) >= 11 is 1.77. The predicted octanol–water partition coefficient (Wildman–Crippen LogP) is 7.36. The van der Waals surface area contributed by atoms with Crippen LogP contribution in [0.5, 0.6) is 5.75 Å². The van der Waals surface area contributed by atoms with Crippen LogP contribution in [0, 0.1) is 5.92 Å². The predicted molar refractivity (Wildman–Crippen MR) is 186 cm³/mol. The van der Waals surface area contributed by atoms with Gasteiger partial charge < -0.3 is 29.9 Å². The van der Waals surface area contributed by atoms with E-state index in [2.05, 4.69) is 10.3 Å². The van der Waals surface area contributed by atoms with Gasteiger partial charge in [-0.25, -0.2) is 4.79 Å². The Morgan fingerprint density at radius 1 is 0.959 bits per heavy atom. The number of likely N-dealkylation sites (tertiary alicyclic amines) is 1. The number of piperidine rings is 1. The van der Waals surface area contributed by atoms with Gasteiger partial charge in [-0.15, -0.1) is 11.8 Å². The van der Waals surface area contributed by atoms with Crippen molar-refractivity contribution in [3.05, 3.63) is 66.5 Å². The number of nitrogens with zero attached hydrogens (tertiary/aromatic N) is 4. The van der Waals surface area contributed by atoms with E-state index in [0.29, 0.717) is 24.7 Å². The molecule has 1 aromatic heterocycles. The molecule has 0 unspecified atom stereocenters. The number of phenols is 1. The first-order chi connectivity index (χ1) is 23.3. The minimum Gasteiger partial charge on any atom is -0.508 e. The lowest BCUT2D eigenvalue weighted by molar-refractivity contribution is -0.137. The molecule has 0 aliphatic carbocycles. The normalized spacial score (nSPS) is 16.1. The number of nitrogens with one attached hydrogen (secondary N) is 1. The van der Waals surface area contributed by atoms with Crippen LogP contribution in [0.1, 0.15) is 45.6 Å². The number of rotatable bonds is 9. The van der Waals surface area contributed by atoms with Gasteiger partial charge >= 0.3 is 12.3 Å². The highest BCUT2D eigenvalue weighted by Crippen LogP contribution is 2.39. The number of aromatic hydroxyl groups is 1. The number of piperazine rings is 1. The fourth-order valence-corrected chi connectivity index (χ4v) is 7.23. The van der Waals surface area contributed by atoms with Gasteiger partial charge in [-0.05, 0) is 81.5 Å². The Morgan fingerprint density at radius 3 is 2.31 bits per heavy atom. The van der Waals surface area contributed by atoms with Crippen LogP contribution >= 0.6 is 11.8 Å². The van der Waals surface area contributed by atoms with E-state index in [1.54, 1.807) is 61.8 Å². The molecule has 3 aromatic rings. The zero-order valence-corrected chi connectivity index (χ0v) is 28.9. The van der Waals surface area contributed by atoms with Crippen LogP contribution in [0.4, 0.5) is 29.3 Å². The second-order valence-corrected chi connectivity index (χ2v) is 14.5. The largest absolute Gasteiger partial charge is 0.508 e. The third-order valence-corrected chi connectivity index (χ3v) is 9.95. The number of ether oxygens (including phenoxy) is 1. The SMILES string of the molecule is CC(C)(C)OC(=O)N1CCN(c2ccc(NCCC(=O)N3CCC(CSc4ccncc4-c4ccc(O)cc4)CC3)cc2C(F)(F)F)CC1. The summed E-state index contributed by atoms with van der Waals surface area (Å²) in [6.45, 7) is 7.87. The molecule has 13 heteroatoms. The number of hydrogen-bond acceptors (Lipinski definition) is 8. The van der Waals surface area contributed by atoms with Crippen molar-refractivity contribution < 1.29 is 32.6 Å². The van der Waals surface area contributed by atoms with Crippen LogP contribution in [-0.4, -0.2) is 89.1 Å². The zero-order valence-electron chi connectivity index (χ0n) is 28.1. The molecule has 2 aliphatic heterocycles. The van der Waals surface area contributed by atoms with Gasteiger partial charge in [-0.2, -0.15) is 13.2 Å². The third-order valence-electron chi connectivity index (χ3n) is 8.64. The van der Waals surface area contributed by atoms with Crippen molar-refractivity contribution in [1.82, 2.24) is 14.8 Å². The van der Waals surface area contributed by atoms with Crippen LogP contribution in [0.15, 0.2) is 65.8 Å². The number of anilines is 2. The van der Waals surface area contributed by atoms with Crippen molar-refractivity contribution >= 4 is 35.1 Å². The van der Waals surface area contributed by atoms with Gasteiger partial charge in [0.25, 0.3) is 0 Å². The van der Waals surface area contributed by atoms with Crippen LogP contribution in [0.25, 0.3) is 11.1 Å². The van der Waals surface area contributed by atoms with E-state index < -0.39 is 23.4 Å². The summed E-state index contributed by atoms with van der Waals surface area (Å²) in [5.74, 6) is 1.56. The summed E-state index contributed by atoms with van der Waals surface area (Å²) in [7, 11) is 0. The lowest BCUT2D eigenvalue weighted by Crippen LogP contribution is -2.50. The molecule has 2 amide bonds. The number of aromatic nitrogens is 1. The molecule has 2 aromatic carbocycles. The van der Waals surface area contributed by atoms with Gasteiger partial charge in [-0.3, -0.25) is 9.78 Å². The summed E-state index contributed by atoms with van der Waals surface area (Å²) in [5, 5.41) is 12.6. The molecule has 2 N–H and O–H groups in total. The number of pyridine rings is 1. The quantitative estimate of drug-likeness (QED) is 0.224. The van der Waals surface area contributed by atoms with E-state index in [1.165, 1.54) is 11.0 Å². The lowest BCUT2D eigenvalue weighted by Gasteiger charge is -2.37. The first kappa shape index (κ1) is 36.2. The fourth-order valence-electron chi connectivity index (χ4n) is 6.00. The molecule has 2 fully saturated rings. The molecular weight excluding hydrogens is 655 g/mol. The number of alkyl halides is 3. The summed E-state index contributed by atoms with van der Waals surface area (Å²) in [5.41, 5.74) is 0.974. The average molecular weight is 700 g/mol. The highest BCUT2D eigenvalue weighted by molar-refractivity contribution is 7.99. The van der Waals surface area contributed by atoms with Gasteiger partial charge in [0.05, 0.1) is 5.56 Å². The topological polar surface area (TPSA) is 98.2 Å². The Morgan fingerprint density at radius 2 is 1.65 bits per heavy atom. The molecule has 5 rings (SSSR count). The fraction of sp³-hybridized carbons (Fsp3) is 0.472. The number of thioether (sulfide) groups is 1. The summed E-state index contributed by atoms with van der Waals surface area (Å²) < 4.78 is 47.8. The van der Waals surface area contributed by atoms with Crippen molar-refractivity contribution in [3.8, 4) is 16.9 Å². The first-order valence-electron chi connectivity index (χ1n) is 16.6. The van der Waals surface area contributed by atoms with Crippen molar-refractivity contribution in [2.45, 2.75) is 56.7 Å². The van der Waals surface area contributed by atoms with E-state index in [0.717, 1.165) is 40.7 Å². The number of benzene rings is 2. The number of halogens is 3. The first-order valence-corrected chi connectivity index (χ1v) is 17.6. The zero-order chi connectivity index (χ0) is 35.2. The summed E-state index contributed by atoms with van der Waals surface area (Å²) in [6, 6.07) is 13.2. The van der Waals surface area contributed by atoms with Crippen LogP contribution in [0.2, 0.25) is 0 Å². The third kappa shape index (κ3) is 9.96. The Kier molecular flexibility index (Phi) is 11.5. The molecule has 9 nitrogen and oxygen atoms in total. The Hall–Kier alpha value is -4.13. The van der Waals surface area contributed by atoms with Gasteiger partial charge in [0.15, 0.2) is 0 Å². The molecule has 2 saturated heterocycles. The number of carbonyl (C=O) groups is 2. The van der Waals surface area contributed by atoms with E-state index >= 15 is 0 Å². The Bertz CT molecular complexity index is 1580. The highest BCUT2D eigenvalue weighted by atomic mass is 32.2. The van der Waals surface area contributed by atoms with E-state index in [-0.39, 0.29) is 56.5 Å². The van der Waals surface area contributed by atoms with Crippen LogP contribution in [0.3, 0.4) is 0 Å². The number of phenolic OH excluding ortho intramolecular Hbond substituents is 1. The molecule has 0 spiro atoms. The maximum atomic E-state index is 14.1. The number of hydrogen-bond donors (Lipinski definition) is 2. The molecular formula is C36H44F3N5O4S. The maximum absolute atomic E-state index is 14.1. The van der Waals surface area contributed by atoms with Gasteiger partial charge in [0.1, 0.15) is 11.4 Å². The number of carbonyl (C=O) groups excluding carboxylic acids is 2. The van der Waals surface area contributed by atoms with E-state index in [9.17, 15) is 27.9 Å². The average Bonchev–Trinajstić information content (AvgIpc) is 3.07. The van der Waals surface area contributed by atoms with Crippen molar-refractivity contribution in [2.24, 2.45) is 5.92 Å². The Balaban J connectivity index is 1.08. The Labute approximate surface area is 289 Å². The van der Waals surface area contributed by atoms with Crippen molar-refractivity contribution in [2.75, 3.05) is 61.8 Å². The van der Waals surface area contributed by atoms with E-state index in [4.69, 9.17) is 4.74 Å². The monoisotopic (exact) mass is 699 g/mol. The van der Waals surface area contributed by atoms with Crippen molar-refractivity contribution in [3.63, 3.8) is 0 Å². The maximum Gasteiger partial charge on any atom is 0.418 e. The minimum atomic E-state index is -4.57. The van der Waals surface area contributed by atoms with Crippen LogP contribution < -0.4 is 10.2 Å². The van der Waals surface area contributed by atoms with Gasteiger partial charge in [0.2, 0.25) is 5.91 Å². The van der Waals surface area contributed by atoms with Gasteiger partial charge in [0, 0.05) is 92.2 Å². The molecule has 264 valence electrons. The minimum absolute atomic E-state index is 0.0159. The second-order valence-electron chi connectivity index (χ2n) is 13.4. The summed E-state index contributed by atoms with van der Waals surface area (Å²) in [4.78, 5) is 35.8. The molecule has 0 bridgehead atoms. The molecule has 49 heavy (non-hydrogen) atoms. The second kappa shape index (κ2) is 15.6. The standard InChI is InChI=1S/C36H44F3N5O4S/c1-35(2,3)48-34(47)44-20-18-42(19-21-44)31-9-6-27(22-30(31)36(37,38)39)41-15-11-33(46)43-16-12-25(13-17-43)24-49-32-10-14-40-23-29(32)26-4-7-28(45)8-5-26/h4-10,14,22-23,25,41,45H,11-13,15-21,24H2,1-3H3. The van der Waals surface area contributed by atoms with Gasteiger partial charge in [-0.1, -0.05) is 12.1 Å². The molecule has 0 atom stereocenters. The van der Waals surface area contributed by atoms with E-state index in [1.807, 2.05) is 29.3 Å². The number of amides is 2.